The minimum absolute atomic E-state index is 0.0289. The molecular weight excluding hydrogens is 508 g/mol. The number of aromatic hydroxyl groups is 1. The highest BCUT2D eigenvalue weighted by Crippen LogP contribution is 2.38. The van der Waals surface area contributed by atoms with Gasteiger partial charge in [-0.05, 0) is 111 Å². The van der Waals surface area contributed by atoms with Gasteiger partial charge in [-0.15, -0.1) is 0 Å². The number of carbonyl (C=O) groups excluding carboxylic acids is 1. The first-order valence-corrected chi connectivity index (χ1v) is 15.8. The topological polar surface area (TPSA) is 55.8 Å². The van der Waals surface area contributed by atoms with Crippen molar-refractivity contribution in [3.63, 3.8) is 0 Å². The minimum atomic E-state index is -0.155. The van der Waals surface area contributed by atoms with Gasteiger partial charge >= 0.3 is 0 Å². The van der Waals surface area contributed by atoms with Crippen LogP contribution in [0.3, 0.4) is 0 Å². The molecule has 1 saturated carbocycles. The van der Waals surface area contributed by atoms with Crippen molar-refractivity contribution in [1.82, 2.24) is 0 Å². The van der Waals surface area contributed by atoms with E-state index in [-0.39, 0.29) is 11.5 Å². The fraction of sp³-hybridized carbons (Fsp3) is 0.486. The van der Waals surface area contributed by atoms with Gasteiger partial charge in [0, 0.05) is 6.07 Å². The predicted molar refractivity (Wildman–Crippen MR) is 168 cm³/mol. The first kappa shape index (κ1) is 30.7. The average molecular weight is 557 g/mol. The van der Waals surface area contributed by atoms with Gasteiger partial charge in [0.1, 0.15) is 17.2 Å². The number of hydrogen-bond donors (Lipinski definition) is 1. The highest BCUT2D eigenvalue weighted by molar-refractivity contribution is 5.96. The molecule has 4 rings (SSSR count). The van der Waals surface area contributed by atoms with Gasteiger partial charge in [-0.2, -0.15) is 0 Å². The molecule has 0 atom stereocenters. The molecule has 1 aliphatic carbocycles. The number of unbranched alkanes of at least 4 members (excludes halogenated alkanes) is 5. The Morgan fingerprint density at radius 3 is 1.90 bits per heavy atom. The van der Waals surface area contributed by atoms with Crippen LogP contribution in [0.5, 0.6) is 17.2 Å². The molecule has 0 aliphatic heterocycles. The zero-order chi connectivity index (χ0) is 28.9. The van der Waals surface area contributed by atoms with Gasteiger partial charge in [0.25, 0.3) is 0 Å². The molecule has 1 N–H and O–H groups in total. The summed E-state index contributed by atoms with van der Waals surface area (Å²) in [6.45, 7) is 5.02. The summed E-state index contributed by atoms with van der Waals surface area (Å²) in [7, 11) is 0. The minimum Gasteiger partial charge on any atom is -0.507 e. The first-order chi connectivity index (χ1) is 20.0. The highest BCUT2D eigenvalue weighted by atomic mass is 16.5. The fourth-order valence-corrected chi connectivity index (χ4v) is 6.00. The highest BCUT2D eigenvalue weighted by Gasteiger charge is 2.22. The smallest absolute Gasteiger partial charge is 0.163 e. The Bertz CT molecular complexity index is 1190. The van der Waals surface area contributed by atoms with E-state index < -0.39 is 0 Å². The zero-order valence-electron chi connectivity index (χ0n) is 25.1. The Labute approximate surface area is 247 Å². The Balaban J connectivity index is 1.10. The number of carbonyl (C=O) groups is 1. The largest absolute Gasteiger partial charge is 0.507 e. The van der Waals surface area contributed by atoms with Crippen molar-refractivity contribution in [2.24, 2.45) is 5.92 Å². The van der Waals surface area contributed by atoms with Crippen LogP contribution in [0.2, 0.25) is 0 Å². The van der Waals surface area contributed by atoms with Gasteiger partial charge in [-0.1, -0.05) is 69.0 Å². The third-order valence-electron chi connectivity index (χ3n) is 8.56. The number of phenols is 1. The van der Waals surface area contributed by atoms with Crippen LogP contribution in [0.25, 0.3) is 11.1 Å². The predicted octanol–water partition coefficient (Wildman–Crippen LogP) is 10.1. The molecule has 0 spiro atoms. The second-order valence-corrected chi connectivity index (χ2v) is 11.7. The van der Waals surface area contributed by atoms with Gasteiger partial charge in [0.05, 0.1) is 18.8 Å². The van der Waals surface area contributed by atoms with E-state index in [1.54, 1.807) is 12.1 Å². The standard InChI is InChI=1S/C37H48O4/c1-3-4-7-10-29-11-13-30(14-12-29)31-15-17-32(18-16-31)33-19-21-34(22-20-33)40-25-8-5-6-9-26-41-35-23-24-36(28(2)38)37(39)27-35/h15-24,27,29-30,39H,3-14,25-26H2,1-2H3. The third-order valence-corrected chi connectivity index (χ3v) is 8.56. The number of benzene rings is 3. The van der Waals surface area contributed by atoms with Crippen molar-refractivity contribution in [3.05, 3.63) is 77.9 Å². The van der Waals surface area contributed by atoms with E-state index in [2.05, 4.69) is 55.5 Å². The second-order valence-electron chi connectivity index (χ2n) is 11.7. The van der Waals surface area contributed by atoms with E-state index in [0.717, 1.165) is 43.3 Å². The molecule has 220 valence electrons. The van der Waals surface area contributed by atoms with Crippen LogP contribution in [0.1, 0.15) is 113 Å². The molecule has 0 saturated heterocycles. The first-order valence-electron chi connectivity index (χ1n) is 15.8. The van der Waals surface area contributed by atoms with Crippen LogP contribution in [0, 0.1) is 5.92 Å². The van der Waals surface area contributed by atoms with Gasteiger partial charge < -0.3 is 14.6 Å². The van der Waals surface area contributed by atoms with E-state index in [1.165, 1.54) is 81.0 Å². The van der Waals surface area contributed by atoms with Crippen LogP contribution >= 0.6 is 0 Å². The van der Waals surface area contributed by atoms with Crippen molar-refractivity contribution in [1.29, 1.82) is 0 Å². The lowest BCUT2D eigenvalue weighted by Gasteiger charge is -2.29. The Kier molecular flexibility index (Phi) is 12.2. The number of ketones is 1. The van der Waals surface area contributed by atoms with E-state index in [9.17, 15) is 9.90 Å². The maximum absolute atomic E-state index is 11.4. The van der Waals surface area contributed by atoms with Crippen molar-refractivity contribution >= 4 is 5.78 Å². The fourth-order valence-electron chi connectivity index (χ4n) is 6.00. The maximum atomic E-state index is 11.4. The Morgan fingerprint density at radius 1 is 0.732 bits per heavy atom. The zero-order valence-corrected chi connectivity index (χ0v) is 25.1. The number of rotatable bonds is 16. The van der Waals surface area contributed by atoms with Crippen molar-refractivity contribution < 1.29 is 19.4 Å². The van der Waals surface area contributed by atoms with E-state index in [0.29, 0.717) is 24.5 Å². The van der Waals surface area contributed by atoms with Gasteiger partial charge in [0.15, 0.2) is 5.78 Å². The third kappa shape index (κ3) is 9.66. The number of phenolic OH excluding ortho intramolecular Hbond substituents is 1. The van der Waals surface area contributed by atoms with E-state index in [4.69, 9.17) is 9.47 Å². The van der Waals surface area contributed by atoms with Crippen LogP contribution in [0.4, 0.5) is 0 Å². The summed E-state index contributed by atoms with van der Waals surface area (Å²) < 4.78 is 11.7. The summed E-state index contributed by atoms with van der Waals surface area (Å²) in [5, 5.41) is 9.90. The molecular formula is C37H48O4. The van der Waals surface area contributed by atoms with Crippen molar-refractivity contribution in [3.8, 4) is 28.4 Å². The van der Waals surface area contributed by atoms with Crippen LogP contribution < -0.4 is 9.47 Å². The summed E-state index contributed by atoms with van der Waals surface area (Å²) in [5.41, 5.74) is 4.32. The molecule has 0 radical (unpaired) electrons. The number of ether oxygens (including phenoxy) is 2. The molecule has 1 aliphatic rings. The SMILES string of the molecule is CCCCCC1CCC(c2ccc(-c3ccc(OCCCCCCOc4ccc(C(C)=O)c(O)c4)cc3)cc2)CC1. The molecule has 1 fully saturated rings. The number of hydrogen-bond acceptors (Lipinski definition) is 4. The molecule has 4 nitrogen and oxygen atoms in total. The lowest BCUT2D eigenvalue weighted by Crippen LogP contribution is -2.13. The molecule has 3 aromatic rings. The van der Waals surface area contributed by atoms with Gasteiger partial charge in [0.2, 0.25) is 0 Å². The van der Waals surface area contributed by atoms with Crippen LogP contribution in [-0.2, 0) is 0 Å². The quantitative estimate of drug-likeness (QED) is 0.141. The summed E-state index contributed by atoms with van der Waals surface area (Å²) in [5.74, 6) is 3.01. The molecule has 3 aromatic carbocycles. The monoisotopic (exact) mass is 556 g/mol. The molecule has 0 aromatic heterocycles. The normalized spacial score (nSPS) is 16.8. The lowest BCUT2D eigenvalue weighted by atomic mass is 9.77. The van der Waals surface area contributed by atoms with Gasteiger partial charge in [-0.3, -0.25) is 4.79 Å². The Morgan fingerprint density at radius 2 is 1.32 bits per heavy atom. The molecule has 41 heavy (non-hydrogen) atoms. The van der Waals surface area contributed by atoms with Crippen molar-refractivity contribution in [2.45, 2.75) is 96.8 Å². The average Bonchev–Trinajstić information content (AvgIpc) is 2.99. The van der Waals surface area contributed by atoms with Gasteiger partial charge in [-0.25, -0.2) is 0 Å². The molecule has 0 unspecified atom stereocenters. The summed E-state index contributed by atoms with van der Waals surface area (Å²) in [6, 6.07) is 22.6. The van der Waals surface area contributed by atoms with E-state index >= 15 is 0 Å². The van der Waals surface area contributed by atoms with Crippen LogP contribution in [0.15, 0.2) is 66.7 Å². The second kappa shape index (κ2) is 16.2. The van der Waals surface area contributed by atoms with Crippen LogP contribution in [-0.4, -0.2) is 24.1 Å². The van der Waals surface area contributed by atoms with Crippen molar-refractivity contribution in [2.75, 3.05) is 13.2 Å². The molecule has 4 heteroatoms. The summed E-state index contributed by atoms with van der Waals surface area (Å²) in [6.07, 6.45) is 15.1. The lowest BCUT2D eigenvalue weighted by molar-refractivity contribution is 0.101. The molecule has 0 heterocycles. The summed E-state index contributed by atoms with van der Waals surface area (Å²) >= 11 is 0. The number of Topliss-reactive ketones (excluding diaryl/α,β-unsaturated/α-hetero) is 1. The molecule has 0 amide bonds. The Hall–Kier alpha value is -3.27. The summed E-state index contributed by atoms with van der Waals surface area (Å²) in [4.78, 5) is 11.4. The van der Waals surface area contributed by atoms with E-state index in [1.807, 2.05) is 0 Å². The maximum Gasteiger partial charge on any atom is 0.163 e. The molecule has 0 bridgehead atoms.